The summed E-state index contributed by atoms with van der Waals surface area (Å²) in [6, 6.07) is 30.9. The van der Waals surface area contributed by atoms with Gasteiger partial charge in [-0.2, -0.15) is 0 Å². The van der Waals surface area contributed by atoms with Crippen LogP contribution in [0.25, 0.3) is 11.3 Å². The van der Waals surface area contributed by atoms with E-state index in [4.69, 9.17) is 0 Å². The number of hydrogen-bond donors (Lipinski definition) is 4. The first-order valence-corrected chi connectivity index (χ1v) is 13.8. The number of anilines is 3. The number of sulfonamides is 1. The summed E-state index contributed by atoms with van der Waals surface area (Å²) in [5.41, 5.74) is 5.26. The van der Waals surface area contributed by atoms with Gasteiger partial charge >= 0.3 is 0 Å². The quantitative estimate of drug-likeness (QED) is 0.216. The van der Waals surface area contributed by atoms with Crippen LogP contribution in [0.15, 0.2) is 108 Å². The number of carbonyl (C=O) groups is 1. The van der Waals surface area contributed by atoms with Crippen LogP contribution >= 0.6 is 0 Å². The maximum absolute atomic E-state index is 13.3. The van der Waals surface area contributed by atoms with Gasteiger partial charge in [-0.3, -0.25) is 9.52 Å². The molecular formula is C30H28N4O3S. The van der Waals surface area contributed by atoms with E-state index >= 15 is 0 Å². The van der Waals surface area contributed by atoms with Gasteiger partial charge in [-0.15, -0.1) is 0 Å². The Morgan fingerprint density at radius 3 is 2.18 bits per heavy atom. The molecule has 5 rings (SSSR count). The minimum absolute atomic E-state index is 0.0642. The van der Waals surface area contributed by atoms with E-state index in [1.165, 1.54) is 12.1 Å². The highest BCUT2D eigenvalue weighted by molar-refractivity contribution is 7.92. The van der Waals surface area contributed by atoms with Crippen molar-refractivity contribution in [2.75, 3.05) is 21.9 Å². The summed E-state index contributed by atoms with van der Waals surface area (Å²) in [5, 5.41) is 9.61. The lowest BCUT2D eigenvalue weighted by Gasteiger charge is -2.16. The Morgan fingerprint density at radius 2 is 1.50 bits per heavy atom. The lowest BCUT2D eigenvalue weighted by molar-refractivity contribution is -0.110. The zero-order valence-electron chi connectivity index (χ0n) is 20.9. The Balaban J connectivity index is 1.57. The van der Waals surface area contributed by atoms with Gasteiger partial charge in [-0.05, 0) is 60.1 Å². The Bertz CT molecular complexity index is 1580. The first-order chi connectivity index (χ1) is 18.4. The molecule has 0 radical (unpaired) electrons. The highest BCUT2D eigenvalue weighted by Crippen LogP contribution is 2.39. The number of fused-ring (bicyclic) bond motifs is 1. The average Bonchev–Trinajstić information content (AvgIpc) is 3.26. The molecule has 192 valence electrons. The third kappa shape index (κ3) is 5.46. The van der Waals surface area contributed by atoms with Crippen molar-refractivity contribution < 1.29 is 13.2 Å². The minimum atomic E-state index is -3.88. The van der Waals surface area contributed by atoms with Crippen LogP contribution in [0.5, 0.6) is 0 Å². The number of rotatable bonds is 9. The van der Waals surface area contributed by atoms with Crippen molar-refractivity contribution in [3.8, 4) is 0 Å². The number of para-hydroxylation sites is 1. The first-order valence-electron chi connectivity index (χ1n) is 12.3. The van der Waals surface area contributed by atoms with Gasteiger partial charge in [0.05, 0.1) is 16.2 Å². The van der Waals surface area contributed by atoms with Crippen molar-refractivity contribution in [3.63, 3.8) is 0 Å². The van der Waals surface area contributed by atoms with E-state index in [-0.39, 0.29) is 10.8 Å². The summed E-state index contributed by atoms with van der Waals surface area (Å²) >= 11 is 0. The fraction of sp³-hybridized carbons (Fsp3) is 0.100. The molecule has 7 nitrogen and oxygen atoms in total. The standard InChI is InChI=1S/C30H28N4O3S/c1-2-31-20-21-13-15-23(16-14-21)32-29(22-9-5-3-6-10-22)28-26-19-25(17-18-27(26)33-30(28)35)38(36,37)34-24-11-7-4-8-12-24/h3-19,31-32,34H,2,20H2,1H3,(H,33,35)/b29-28-. The number of carbonyl (C=O) groups excluding carboxylic acids is 1. The fourth-order valence-corrected chi connectivity index (χ4v) is 5.37. The SMILES string of the molecule is CCNCc1ccc(N/C(=C2\C(=O)Nc3ccc(S(=O)(=O)Nc4ccccc4)cc32)c2ccccc2)cc1. The van der Waals surface area contributed by atoms with Gasteiger partial charge in [0.1, 0.15) is 0 Å². The average molecular weight is 525 g/mol. The smallest absolute Gasteiger partial charge is 0.261 e. The molecule has 1 heterocycles. The van der Waals surface area contributed by atoms with Crippen molar-refractivity contribution >= 4 is 44.3 Å². The number of benzene rings is 4. The molecule has 1 aliphatic rings. The Morgan fingerprint density at radius 1 is 0.816 bits per heavy atom. The molecule has 0 fully saturated rings. The van der Waals surface area contributed by atoms with Crippen molar-refractivity contribution in [3.05, 3.63) is 120 Å². The second kappa shape index (κ2) is 10.9. The summed E-state index contributed by atoms with van der Waals surface area (Å²) in [5.74, 6) is -0.305. The maximum atomic E-state index is 13.3. The molecule has 0 aromatic heterocycles. The summed E-state index contributed by atoms with van der Waals surface area (Å²) in [7, 11) is -3.88. The van der Waals surface area contributed by atoms with E-state index in [1.54, 1.807) is 30.3 Å². The van der Waals surface area contributed by atoms with Gasteiger partial charge < -0.3 is 16.0 Å². The second-order valence-electron chi connectivity index (χ2n) is 8.85. The molecular weight excluding hydrogens is 496 g/mol. The van der Waals surface area contributed by atoms with E-state index in [0.717, 1.165) is 29.9 Å². The third-order valence-corrected chi connectivity index (χ3v) is 7.57. The summed E-state index contributed by atoms with van der Waals surface area (Å²) in [4.78, 5) is 13.3. The molecule has 1 amide bonds. The van der Waals surface area contributed by atoms with Gasteiger partial charge in [0.2, 0.25) is 0 Å². The highest BCUT2D eigenvalue weighted by Gasteiger charge is 2.30. The normalized spacial score (nSPS) is 14.0. The van der Waals surface area contributed by atoms with Crippen LogP contribution in [0, 0.1) is 0 Å². The topological polar surface area (TPSA) is 99.3 Å². The van der Waals surface area contributed by atoms with E-state index in [0.29, 0.717) is 28.2 Å². The Hall–Kier alpha value is -4.40. The summed E-state index contributed by atoms with van der Waals surface area (Å²) < 4.78 is 29.0. The predicted molar refractivity (Wildman–Crippen MR) is 153 cm³/mol. The molecule has 1 aliphatic heterocycles. The highest BCUT2D eigenvalue weighted by atomic mass is 32.2. The minimum Gasteiger partial charge on any atom is -0.354 e. The van der Waals surface area contributed by atoms with Crippen molar-refractivity contribution in [2.45, 2.75) is 18.4 Å². The third-order valence-electron chi connectivity index (χ3n) is 6.19. The van der Waals surface area contributed by atoms with Crippen LogP contribution in [0.4, 0.5) is 17.1 Å². The van der Waals surface area contributed by atoms with Gasteiger partial charge in [0, 0.05) is 29.2 Å². The number of amides is 1. The lowest BCUT2D eigenvalue weighted by Crippen LogP contribution is -2.13. The van der Waals surface area contributed by atoms with E-state index in [1.807, 2.05) is 60.7 Å². The van der Waals surface area contributed by atoms with Crippen LogP contribution in [-0.2, 0) is 21.4 Å². The van der Waals surface area contributed by atoms with Gasteiger partial charge in [-0.25, -0.2) is 8.42 Å². The zero-order valence-corrected chi connectivity index (χ0v) is 21.7. The lowest BCUT2D eigenvalue weighted by atomic mass is 10.00. The van der Waals surface area contributed by atoms with Crippen molar-refractivity contribution in [1.82, 2.24) is 5.32 Å². The second-order valence-corrected chi connectivity index (χ2v) is 10.5. The van der Waals surface area contributed by atoms with E-state index in [2.05, 4.69) is 27.6 Å². The van der Waals surface area contributed by atoms with Crippen LogP contribution in [0.3, 0.4) is 0 Å². The molecule has 0 aliphatic carbocycles. The Kier molecular flexibility index (Phi) is 7.26. The molecule has 38 heavy (non-hydrogen) atoms. The molecule has 0 saturated carbocycles. The van der Waals surface area contributed by atoms with Crippen LogP contribution in [-0.4, -0.2) is 20.9 Å². The predicted octanol–water partition coefficient (Wildman–Crippen LogP) is 5.53. The number of hydrogen-bond acceptors (Lipinski definition) is 5. The maximum Gasteiger partial charge on any atom is 0.261 e. The zero-order chi connectivity index (χ0) is 26.5. The number of nitrogens with one attached hydrogen (secondary N) is 4. The monoisotopic (exact) mass is 524 g/mol. The van der Waals surface area contributed by atoms with Crippen molar-refractivity contribution in [1.29, 1.82) is 0 Å². The van der Waals surface area contributed by atoms with E-state index in [9.17, 15) is 13.2 Å². The molecule has 0 spiro atoms. The van der Waals surface area contributed by atoms with Gasteiger partial charge in [-0.1, -0.05) is 67.6 Å². The molecule has 0 saturated heterocycles. The molecule has 0 unspecified atom stereocenters. The summed E-state index contributed by atoms with van der Waals surface area (Å²) in [6.07, 6.45) is 0. The molecule has 0 bridgehead atoms. The van der Waals surface area contributed by atoms with Crippen LogP contribution in [0.2, 0.25) is 0 Å². The molecule has 8 heteroatoms. The Labute approximate surface area is 222 Å². The van der Waals surface area contributed by atoms with E-state index < -0.39 is 10.0 Å². The van der Waals surface area contributed by atoms with Crippen LogP contribution in [0.1, 0.15) is 23.6 Å². The largest absolute Gasteiger partial charge is 0.354 e. The van der Waals surface area contributed by atoms with Crippen LogP contribution < -0.4 is 20.7 Å². The first kappa shape index (κ1) is 25.3. The molecule has 4 aromatic rings. The molecule has 4 N–H and O–H groups in total. The van der Waals surface area contributed by atoms with Gasteiger partial charge in [0.15, 0.2) is 0 Å². The molecule has 4 aromatic carbocycles. The van der Waals surface area contributed by atoms with Gasteiger partial charge in [0.25, 0.3) is 15.9 Å². The van der Waals surface area contributed by atoms with Crippen molar-refractivity contribution in [2.24, 2.45) is 0 Å². The molecule has 0 atom stereocenters. The summed E-state index contributed by atoms with van der Waals surface area (Å²) in [6.45, 7) is 3.72. The fourth-order valence-electron chi connectivity index (χ4n) is 4.29.